The molecule has 0 radical (unpaired) electrons. The highest BCUT2D eigenvalue weighted by Gasteiger charge is 2.06. The monoisotopic (exact) mass is 406 g/mol. The van der Waals surface area contributed by atoms with Crippen LogP contribution in [0.15, 0.2) is 48.5 Å². The van der Waals surface area contributed by atoms with Crippen LogP contribution < -0.4 is 5.32 Å². The van der Waals surface area contributed by atoms with Gasteiger partial charge in [-0.25, -0.2) is 0 Å². The highest BCUT2D eigenvalue weighted by molar-refractivity contribution is 6.33. The van der Waals surface area contributed by atoms with Gasteiger partial charge in [-0.15, -0.1) is 0 Å². The molecule has 7 heteroatoms. The van der Waals surface area contributed by atoms with Gasteiger partial charge in [0.25, 0.3) is 0 Å². The molecule has 26 heavy (non-hydrogen) atoms. The highest BCUT2D eigenvalue weighted by atomic mass is 35.5. The Bertz CT molecular complexity index is 841. The Morgan fingerprint density at radius 2 is 1.23 bits per heavy atom. The van der Waals surface area contributed by atoms with Crippen LogP contribution in [0.3, 0.4) is 0 Å². The summed E-state index contributed by atoms with van der Waals surface area (Å²) in [4.78, 5) is 11.4. The van der Waals surface area contributed by atoms with E-state index >= 15 is 0 Å². The molecule has 1 heterocycles. The molecule has 0 aliphatic heterocycles. The minimum atomic E-state index is 0.0227. The van der Waals surface area contributed by atoms with Crippen molar-refractivity contribution in [1.29, 1.82) is 0 Å². The molecule has 1 aromatic heterocycles. The molecule has 0 saturated heterocycles. The van der Waals surface area contributed by atoms with E-state index in [2.05, 4.69) is 44.5 Å². The van der Waals surface area contributed by atoms with E-state index in [1.807, 2.05) is 12.1 Å². The number of anilines is 2. The quantitative estimate of drug-likeness (QED) is 0.554. The fraction of sp³-hybridized carbons (Fsp3) is 0.211. The first kappa shape index (κ1) is 18.9. The third kappa shape index (κ3) is 5.31. The molecular formula is C19H17Cl3N4. The molecule has 4 nitrogen and oxygen atoms in total. The molecule has 0 unspecified atom stereocenters. The Kier molecular flexibility index (Phi) is 6.67. The molecule has 134 valence electrons. The summed E-state index contributed by atoms with van der Waals surface area (Å²) in [6.07, 6.45) is 5.38. The minimum absolute atomic E-state index is 0.0227. The fourth-order valence-electron chi connectivity index (χ4n) is 2.74. The normalized spacial score (nSPS) is 12.6. The van der Waals surface area contributed by atoms with E-state index in [1.54, 1.807) is 23.3 Å². The lowest BCUT2D eigenvalue weighted by molar-refractivity contribution is 0.685. The Morgan fingerprint density at radius 1 is 0.692 bits per heavy atom. The number of para-hydroxylation sites is 1. The van der Waals surface area contributed by atoms with Crippen LogP contribution in [0.5, 0.6) is 0 Å². The van der Waals surface area contributed by atoms with Gasteiger partial charge >= 0.3 is 0 Å². The summed E-state index contributed by atoms with van der Waals surface area (Å²) in [7, 11) is 0. The molecule has 0 bridgehead atoms. The second-order valence-electron chi connectivity index (χ2n) is 5.78. The van der Waals surface area contributed by atoms with Gasteiger partial charge < -0.3 is 5.32 Å². The van der Waals surface area contributed by atoms with Crippen molar-refractivity contribution in [3.05, 3.63) is 75.2 Å². The molecule has 4 rings (SSSR count). The van der Waals surface area contributed by atoms with Crippen molar-refractivity contribution in [1.82, 2.24) is 15.0 Å². The van der Waals surface area contributed by atoms with Gasteiger partial charge in [0.1, 0.15) is 0 Å². The molecule has 3 aromatic rings. The molecule has 0 amide bonds. The lowest BCUT2D eigenvalue weighted by Crippen LogP contribution is -2.00. The van der Waals surface area contributed by atoms with Crippen molar-refractivity contribution in [3.8, 4) is 0 Å². The zero-order valence-electron chi connectivity index (χ0n) is 13.9. The molecule has 2 aromatic carbocycles. The topological polar surface area (TPSA) is 50.7 Å². The number of benzene rings is 2. The standard InChI is InChI=1S/C10H12.C9H5Cl3N4/c1-2-6-10-8-4-3-7-9(10)5-1;10-5-3-1-2-4-6(5)13-9-15-7(11)14-8(12)16-9/h1-2,5-6H,3-4,7-8H2;1-4H,(H,13,14,15,16). The number of halogens is 3. The SMILES string of the molecule is Clc1nc(Cl)nc(Nc2ccccc2Cl)n1.c1ccc2c(c1)CCCC2. The maximum Gasteiger partial charge on any atom is 0.232 e. The molecule has 1 aliphatic rings. The van der Waals surface area contributed by atoms with Gasteiger partial charge in [0.2, 0.25) is 16.5 Å². The minimum Gasteiger partial charge on any atom is -0.323 e. The summed E-state index contributed by atoms with van der Waals surface area (Å²) in [5.74, 6) is 0.248. The van der Waals surface area contributed by atoms with Gasteiger partial charge in [-0.05, 0) is 72.1 Å². The smallest absolute Gasteiger partial charge is 0.232 e. The summed E-state index contributed by atoms with van der Waals surface area (Å²) in [6, 6.07) is 16.0. The third-order valence-corrected chi connectivity index (χ3v) is 4.63. The summed E-state index contributed by atoms with van der Waals surface area (Å²) >= 11 is 17.2. The number of fused-ring (bicyclic) bond motifs is 1. The van der Waals surface area contributed by atoms with E-state index in [9.17, 15) is 0 Å². The van der Waals surface area contributed by atoms with E-state index in [-0.39, 0.29) is 16.5 Å². The number of nitrogens with zero attached hydrogens (tertiary/aromatic N) is 3. The van der Waals surface area contributed by atoms with Crippen LogP contribution in [0.25, 0.3) is 0 Å². The number of hydrogen-bond donors (Lipinski definition) is 1. The predicted molar refractivity (Wildman–Crippen MR) is 108 cm³/mol. The number of aryl methyl sites for hydroxylation is 2. The van der Waals surface area contributed by atoms with Gasteiger partial charge in [-0.1, -0.05) is 48.0 Å². The Balaban J connectivity index is 0.000000167. The molecule has 1 aliphatic carbocycles. The van der Waals surface area contributed by atoms with E-state index in [4.69, 9.17) is 34.8 Å². The van der Waals surface area contributed by atoms with Gasteiger partial charge in [-0.2, -0.15) is 15.0 Å². The summed E-state index contributed by atoms with van der Waals surface area (Å²) in [5, 5.41) is 3.49. The maximum atomic E-state index is 5.95. The predicted octanol–water partition coefficient (Wildman–Crippen LogP) is 6.14. The molecule has 0 spiro atoms. The Labute approximate surface area is 167 Å². The summed E-state index contributed by atoms with van der Waals surface area (Å²) in [6.45, 7) is 0. The van der Waals surface area contributed by atoms with Crippen LogP contribution in [0.2, 0.25) is 15.6 Å². The first-order valence-corrected chi connectivity index (χ1v) is 9.40. The molecule has 0 saturated carbocycles. The van der Waals surface area contributed by atoms with Gasteiger partial charge in [0.05, 0.1) is 10.7 Å². The Morgan fingerprint density at radius 3 is 1.81 bits per heavy atom. The lowest BCUT2D eigenvalue weighted by Gasteiger charge is -2.13. The van der Waals surface area contributed by atoms with Crippen molar-refractivity contribution in [2.45, 2.75) is 25.7 Å². The van der Waals surface area contributed by atoms with E-state index < -0.39 is 0 Å². The lowest BCUT2D eigenvalue weighted by atomic mass is 9.92. The molecule has 1 N–H and O–H groups in total. The van der Waals surface area contributed by atoms with Crippen LogP contribution in [0.4, 0.5) is 11.6 Å². The Hall–Kier alpha value is -1.88. The number of rotatable bonds is 2. The number of hydrogen-bond acceptors (Lipinski definition) is 4. The van der Waals surface area contributed by atoms with Crippen molar-refractivity contribution in [2.75, 3.05) is 5.32 Å². The van der Waals surface area contributed by atoms with Crippen molar-refractivity contribution >= 4 is 46.4 Å². The van der Waals surface area contributed by atoms with Crippen LogP contribution in [0, 0.1) is 0 Å². The van der Waals surface area contributed by atoms with Gasteiger partial charge in [0, 0.05) is 0 Å². The van der Waals surface area contributed by atoms with Crippen molar-refractivity contribution in [2.24, 2.45) is 0 Å². The molecule has 0 fully saturated rings. The van der Waals surface area contributed by atoms with Gasteiger partial charge in [-0.3, -0.25) is 0 Å². The van der Waals surface area contributed by atoms with Crippen LogP contribution >= 0.6 is 34.8 Å². The zero-order chi connectivity index (χ0) is 18.4. The van der Waals surface area contributed by atoms with Crippen LogP contribution in [-0.2, 0) is 12.8 Å². The van der Waals surface area contributed by atoms with E-state index in [1.165, 1.54) is 25.7 Å². The maximum absolute atomic E-state index is 5.95. The highest BCUT2D eigenvalue weighted by Crippen LogP contribution is 2.24. The van der Waals surface area contributed by atoms with Crippen LogP contribution in [-0.4, -0.2) is 15.0 Å². The summed E-state index contributed by atoms with van der Waals surface area (Å²) < 4.78 is 0. The van der Waals surface area contributed by atoms with Gasteiger partial charge in [0.15, 0.2) is 0 Å². The number of aromatic nitrogens is 3. The van der Waals surface area contributed by atoms with E-state index in [0.29, 0.717) is 10.7 Å². The number of nitrogens with one attached hydrogen (secondary N) is 1. The largest absolute Gasteiger partial charge is 0.323 e. The third-order valence-electron chi connectivity index (χ3n) is 3.96. The summed E-state index contributed by atoms with van der Waals surface area (Å²) in [5.41, 5.74) is 3.82. The zero-order valence-corrected chi connectivity index (χ0v) is 16.2. The average Bonchev–Trinajstić information content (AvgIpc) is 2.63. The van der Waals surface area contributed by atoms with E-state index in [0.717, 1.165) is 0 Å². The van der Waals surface area contributed by atoms with Crippen LogP contribution in [0.1, 0.15) is 24.0 Å². The molecule has 0 atom stereocenters. The second kappa shape index (κ2) is 9.17. The first-order chi connectivity index (χ1) is 12.6. The van der Waals surface area contributed by atoms with Crippen molar-refractivity contribution in [3.63, 3.8) is 0 Å². The van der Waals surface area contributed by atoms with Crippen molar-refractivity contribution < 1.29 is 0 Å². The second-order valence-corrected chi connectivity index (χ2v) is 6.86. The average molecular weight is 408 g/mol. The fourth-order valence-corrected chi connectivity index (χ4v) is 3.29. The first-order valence-electron chi connectivity index (χ1n) is 8.27. The molecular weight excluding hydrogens is 391 g/mol.